The first-order valence-electron chi connectivity index (χ1n) is 8.34. The molecule has 1 fully saturated rings. The highest BCUT2D eigenvalue weighted by Gasteiger charge is 2.30. The van der Waals surface area contributed by atoms with Gasteiger partial charge >= 0.3 is 6.03 Å². The van der Waals surface area contributed by atoms with Crippen molar-refractivity contribution in [3.63, 3.8) is 0 Å². The van der Waals surface area contributed by atoms with Gasteiger partial charge in [0.15, 0.2) is 0 Å². The summed E-state index contributed by atoms with van der Waals surface area (Å²) in [5.74, 6) is 0.102. The average molecular weight is 333 g/mol. The fourth-order valence-electron chi connectivity index (χ4n) is 2.94. The minimum absolute atomic E-state index is 0.0971. The molecule has 24 heavy (non-hydrogen) atoms. The highest BCUT2D eigenvalue weighted by molar-refractivity contribution is 5.92. The van der Waals surface area contributed by atoms with Crippen LogP contribution in [0.4, 0.5) is 10.5 Å². The first-order chi connectivity index (χ1) is 11.3. The van der Waals surface area contributed by atoms with Crippen LogP contribution in [0.25, 0.3) is 0 Å². The Balaban J connectivity index is 1.84. The van der Waals surface area contributed by atoms with E-state index in [2.05, 4.69) is 41.3 Å². The van der Waals surface area contributed by atoms with E-state index >= 15 is 0 Å². The van der Waals surface area contributed by atoms with E-state index in [-0.39, 0.29) is 17.3 Å². The standard InChI is InChI=1S/C17H27N5O2/c1-12-5-4-8-22(10-12)17(2,3)11-20-16(24)21-13-6-7-14(15(18)23)19-9-13/h6-7,9,12H,4-5,8,10-11H2,1-3H3,(H2,18,23)(H2,20,21,24). The molecule has 0 spiro atoms. The van der Waals surface area contributed by atoms with Crippen LogP contribution in [-0.4, -0.2) is 47.0 Å². The number of carbonyl (C=O) groups excluding carboxylic acids is 2. The van der Waals surface area contributed by atoms with Crippen molar-refractivity contribution >= 4 is 17.6 Å². The molecule has 1 unspecified atom stereocenters. The molecule has 4 N–H and O–H groups in total. The number of hydrogen-bond acceptors (Lipinski definition) is 4. The third kappa shape index (κ3) is 4.92. The van der Waals surface area contributed by atoms with Gasteiger partial charge in [0.1, 0.15) is 5.69 Å². The van der Waals surface area contributed by atoms with Gasteiger partial charge in [0.2, 0.25) is 0 Å². The van der Waals surface area contributed by atoms with Gasteiger partial charge in [0.25, 0.3) is 5.91 Å². The number of primary amides is 1. The number of anilines is 1. The molecule has 1 atom stereocenters. The number of urea groups is 1. The minimum Gasteiger partial charge on any atom is -0.364 e. The highest BCUT2D eigenvalue weighted by Crippen LogP contribution is 2.23. The number of amides is 3. The van der Waals surface area contributed by atoms with Gasteiger partial charge < -0.3 is 16.4 Å². The molecule has 1 saturated heterocycles. The van der Waals surface area contributed by atoms with Gasteiger partial charge in [-0.25, -0.2) is 9.78 Å². The van der Waals surface area contributed by atoms with Gasteiger partial charge in [-0.1, -0.05) is 6.92 Å². The van der Waals surface area contributed by atoms with E-state index in [1.807, 2.05) is 0 Å². The van der Waals surface area contributed by atoms with Crippen LogP contribution in [0.2, 0.25) is 0 Å². The molecule has 1 aromatic rings. The molecule has 0 radical (unpaired) electrons. The Morgan fingerprint density at radius 2 is 2.17 bits per heavy atom. The van der Waals surface area contributed by atoms with Crippen LogP contribution >= 0.6 is 0 Å². The monoisotopic (exact) mass is 333 g/mol. The molecule has 1 aliphatic rings. The predicted molar refractivity (Wildman–Crippen MR) is 93.8 cm³/mol. The third-order valence-electron chi connectivity index (χ3n) is 4.47. The number of hydrogen-bond donors (Lipinski definition) is 3. The highest BCUT2D eigenvalue weighted by atomic mass is 16.2. The minimum atomic E-state index is -0.594. The summed E-state index contributed by atoms with van der Waals surface area (Å²) in [6, 6.07) is 2.79. The molecule has 7 heteroatoms. The zero-order valence-corrected chi connectivity index (χ0v) is 14.6. The van der Waals surface area contributed by atoms with Crippen molar-refractivity contribution in [2.45, 2.75) is 39.2 Å². The van der Waals surface area contributed by atoms with Crippen LogP contribution in [0.1, 0.15) is 44.1 Å². The number of aromatic nitrogens is 1. The molecule has 1 aliphatic heterocycles. The Kier molecular flexibility index (Phi) is 5.77. The van der Waals surface area contributed by atoms with Crippen LogP contribution in [0.5, 0.6) is 0 Å². The van der Waals surface area contributed by atoms with Crippen LogP contribution in [-0.2, 0) is 0 Å². The molecule has 7 nitrogen and oxygen atoms in total. The molecule has 0 saturated carbocycles. The molecule has 132 valence electrons. The maximum atomic E-state index is 12.1. The van der Waals surface area contributed by atoms with Crippen molar-refractivity contribution in [3.8, 4) is 0 Å². The second kappa shape index (κ2) is 7.61. The van der Waals surface area contributed by atoms with Crippen LogP contribution < -0.4 is 16.4 Å². The lowest BCUT2D eigenvalue weighted by Crippen LogP contribution is -2.55. The molecular formula is C17H27N5O2. The smallest absolute Gasteiger partial charge is 0.319 e. The average Bonchev–Trinajstić information content (AvgIpc) is 2.53. The van der Waals surface area contributed by atoms with Crippen molar-refractivity contribution in [2.75, 3.05) is 25.0 Å². The largest absolute Gasteiger partial charge is 0.364 e. The molecule has 2 rings (SSSR count). The molecule has 3 amide bonds. The summed E-state index contributed by atoms with van der Waals surface area (Å²) >= 11 is 0. The van der Waals surface area contributed by atoms with Crippen molar-refractivity contribution in [2.24, 2.45) is 11.7 Å². The van der Waals surface area contributed by atoms with E-state index in [4.69, 9.17) is 5.73 Å². The first-order valence-corrected chi connectivity index (χ1v) is 8.34. The lowest BCUT2D eigenvalue weighted by molar-refractivity contribution is 0.0728. The maximum Gasteiger partial charge on any atom is 0.319 e. The molecule has 0 aromatic carbocycles. The summed E-state index contributed by atoms with van der Waals surface area (Å²) in [7, 11) is 0. The molecule has 1 aromatic heterocycles. The third-order valence-corrected chi connectivity index (χ3v) is 4.47. The number of nitrogens with zero attached hydrogens (tertiary/aromatic N) is 2. The number of rotatable bonds is 5. The Bertz CT molecular complexity index is 585. The summed E-state index contributed by atoms with van der Waals surface area (Å²) in [6.45, 7) is 9.25. The summed E-state index contributed by atoms with van der Waals surface area (Å²) in [4.78, 5) is 29.4. The van der Waals surface area contributed by atoms with Crippen LogP contribution in [0, 0.1) is 5.92 Å². The van der Waals surface area contributed by atoms with E-state index < -0.39 is 5.91 Å². The van der Waals surface area contributed by atoms with Crippen molar-refractivity contribution in [3.05, 3.63) is 24.0 Å². The summed E-state index contributed by atoms with van der Waals surface area (Å²) < 4.78 is 0. The van der Waals surface area contributed by atoms with Gasteiger partial charge in [-0.15, -0.1) is 0 Å². The summed E-state index contributed by atoms with van der Waals surface area (Å²) in [5.41, 5.74) is 5.72. The lowest BCUT2D eigenvalue weighted by atomic mass is 9.93. The summed E-state index contributed by atoms with van der Waals surface area (Å²) in [6.07, 6.45) is 3.89. The SMILES string of the molecule is CC1CCCN(C(C)(C)CNC(=O)Nc2ccc(C(N)=O)nc2)C1. The predicted octanol–water partition coefficient (Wildman–Crippen LogP) is 1.81. The molecular weight excluding hydrogens is 306 g/mol. The van der Waals surface area contributed by atoms with E-state index in [9.17, 15) is 9.59 Å². The van der Waals surface area contributed by atoms with E-state index in [0.29, 0.717) is 18.2 Å². The fraction of sp³-hybridized carbons (Fsp3) is 0.588. The molecule has 2 heterocycles. The Hall–Kier alpha value is -2.15. The Morgan fingerprint density at radius 1 is 1.42 bits per heavy atom. The van der Waals surface area contributed by atoms with Crippen molar-refractivity contribution in [1.29, 1.82) is 0 Å². The number of pyridine rings is 1. The number of nitrogens with one attached hydrogen (secondary N) is 2. The number of nitrogens with two attached hydrogens (primary N) is 1. The van der Waals surface area contributed by atoms with E-state index in [1.165, 1.54) is 25.1 Å². The normalized spacial score (nSPS) is 18.9. The molecule has 0 bridgehead atoms. The van der Waals surface area contributed by atoms with Gasteiger partial charge in [0.05, 0.1) is 11.9 Å². The van der Waals surface area contributed by atoms with Crippen LogP contribution in [0.15, 0.2) is 18.3 Å². The zero-order chi connectivity index (χ0) is 17.7. The number of likely N-dealkylation sites (tertiary alicyclic amines) is 1. The number of carbonyl (C=O) groups is 2. The lowest BCUT2D eigenvalue weighted by Gasteiger charge is -2.43. The zero-order valence-electron chi connectivity index (χ0n) is 14.6. The second-order valence-corrected chi connectivity index (χ2v) is 7.11. The van der Waals surface area contributed by atoms with Gasteiger partial charge in [-0.3, -0.25) is 9.69 Å². The van der Waals surface area contributed by atoms with Crippen molar-refractivity contribution in [1.82, 2.24) is 15.2 Å². The molecule has 0 aliphatic carbocycles. The van der Waals surface area contributed by atoms with Gasteiger partial charge in [-0.2, -0.15) is 0 Å². The van der Waals surface area contributed by atoms with Crippen molar-refractivity contribution < 1.29 is 9.59 Å². The fourth-order valence-corrected chi connectivity index (χ4v) is 2.94. The quantitative estimate of drug-likeness (QED) is 0.765. The Morgan fingerprint density at radius 3 is 2.75 bits per heavy atom. The van der Waals surface area contributed by atoms with Crippen LogP contribution in [0.3, 0.4) is 0 Å². The number of piperidine rings is 1. The summed E-state index contributed by atoms with van der Waals surface area (Å²) in [5, 5.41) is 5.62. The Labute approximate surface area is 143 Å². The van der Waals surface area contributed by atoms with E-state index in [0.717, 1.165) is 13.1 Å². The topological polar surface area (TPSA) is 100 Å². The van der Waals surface area contributed by atoms with Gasteiger partial charge in [0, 0.05) is 18.6 Å². The van der Waals surface area contributed by atoms with Gasteiger partial charge in [-0.05, 0) is 51.3 Å². The maximum absolute atomic E-state index is 12.1. The first kappa shape index (κ1) is 18.2. The second-order valence-electron chi connectivity index (χ2n) is 7.11. The van der Waals surface area contributed by atoms with E-state index in [1.54, 1.807) is 6.07 Å².